The van der Waals surface area contributed by atoms with Crippen LogP contribution >= 0.6 is 0 Å². The Morgan fingerprint density at radius 1 is 1.22 bits per heavy atom. The van der Waals surface area contributed by atoms with Crippen LogP contribution in [0.5, 0.6) is 0 Å². The maximum atomic E-state index is 12.4. The molecule has 0 saturated carbocycles. The number of fused-ring (bicyclic) bond motifs is 1. The lowest BCUT2D eigenvalue weighted by Gasteiger charge is -2.15. The molecule has 0 spiro atoms. The van der Waals surface area contributed by atoms with Gasteiger partial charge in [-0.25, -0.2) is 4.79 Å². The van der Waals surface area contributed by atoms with E-state index in [0.717, 1.165) is 11.3 Å². The van der Waals surface area contributed by atoms with Crippen LogP contribution in [0.2, 0.25) is 0 Å². The van der Waals surface area contributed by atoms with Crippen LogP contribution in [-0.4, -0.2) is 28.9 Å². The zero-order valence-electron chi connectivity index (χ0n) is 13.4. The number of carbonyl (C=O) groups excluding carboxylic acids is 2. The average Bonchev–Trinajstić information content (AvgIpc) is 3.15. The number of hydrogen-bond acceptors (Lipinski definition) is 3. The highest BCUT2D eigenvalue weighted by atomic mass is 16.5. The molecule has 1 N–H and O–H groups in total. The Labute approximate surface area is 135 Å². The summed E-state index contributed by atoms with van der Waals surface area (Å²) in [6.07, 6.45) is 2.70. The largest absolute Gasteiger partial charge is 0.465 e. The van der Waals surface area contributed by atoms with Gasteiger partial charge < -0.3 is 14.6 Å². The molecular weight excluding hydrogens is 292 g/mol. The van der Waals surface area contributed by atoms with Crippen LogP contribution in [0, 0.1) is 6.92 Å². The van der Waals surface area contributed by atoms with Gasteiger partial charge in [0.15, 0.2) is 0 Å². The van der Waals surface area contributed by atoms with E-state index in [2.05, 4.69) is 17.1 Å². The molecule has 3 rings (SSSR count). The number of ether oxygens (including phenoxy) is 1. The highest BCUT2D eigenvalue weighted by Gasteiger charge is 2.23. The maximum Gasteiger partial charge on any atom is 0.339 e. The number of benzene rings is 1. The molecule has 2 heterocycles. The molecular formula is C18H20N2O3. The van der Waals surface area contributed by atoms with Crippen LogP contribution in [0.25, 0.3) is 0 Å². The van der Waals surface area contributed by atoms with E-state index in [1.54, 1.807) is 6.20 Å². The summed E-state index contributed by atoms with van der Waals surface area (Å²) in [6, 6.07) is 8.12. The predicted octanol–water partition coefficient (Wildman–Crippen LogP) is 2.58. The summed E-state index contributed by atoms with van der Waals surface area (Å²) >= 11 is 0. The van der Waals surface area contributed by atoms with E-state index in [9.17, 15) is 9.59 Å². The molecule has 0 bridgehead atoms. The van der Waals surface area contributed by atoms with Gasteiger partial charge in [0.2, 0.25) is 5.91 Å². The first kappa shape index (κ1) is 15.3. The number of aromatic nitrogens is 1. The van der Waals surface area contributed by atoms with Crippen LogP contribution in [0.1, 0.15) is 39.2 Å². The summed E-state index contributed by atoms with van der Waals surface area (Å²) in [5.41, 5.74) is 4.58. The summed E-state index contributed by atoms with van der Waals surface area (Å²) in [7, 11) is 1.37. The number of aromatic amines is 1. The molecule has 5 heteroatoms. The molecule has 0 fully saturated rings. The van der Waals surface area contributed by atoms with Gasteiger partial charge in [0.05, 0.1) is 12.7 Å². The molecule has 1 amide bonds. The number of amides is 1. The van der Waals surface area contributed by atoms with E-state index in [1.165, 1.54) is 18.2 Å². The average molecular weight is 312 g/mol. The first-order valence-electron chi connectivity index (χ1n) is 7.70. The molecule has 0 unspecified atom stereocenters. The van der Waals surface area contributed by atoms with Gasteiger partial charge in [0.1, 0.15) is 0 Å². The normalized spacial score (nSPS) is 13.0. The van der Waals surface area contributed by atoms with E-state index in [0.29, 0.717) is 31.5 Å². The van der Waals surface area contributed by atoms with Crippen molar-refractivity contribution in [3.8, 4) is 0 Å². The quantitative estimate of drug-likeness (QED) is 0.883. The first-order valence-corrected chi connectivity index (χ1v) is 7.70. The van der Waals surface area contributed by atoms with E-state index < -0.39 is 0 Å². The van der Waals surface area contributed by atoms with E-state index in [1.807, 2.05) is 24.0 Å². The van der Waals surface area contributed by atoms with Crippen LogP contribution in [0.4, 0.5) is 0 Å². The third-order valence-electron chi connectivity index (χ3n) is 4.35. The molecule has 0 saturated heterocycles. The topological polar surface area (TPSA) is 62.4 Å². The van der Waals surface area contributed by atoms with Crippen molar-refractivity contribution in [3.05, 3.63) is 58.4 Å². The second-order valence-corrected chi connectivity index (χ2v) is 5.82. The van der Waals surface area contributed by atoms with E-state index in [-0.39, 0.29) is 11.9 Å². The lowest BCUT2D eigenvalue weighted by Crippen LogP contribution is -2.25. The van der Waals surface area contributed by atoms with Crippen molar-refractivity contribution >= 4 is 11.9 Å². The van der Waals surface area contributed by atoms with Gasteiger partial charge in [0, 0.05) is 31.4 Å². The molecule has 1 aliphatic heterocycles. The van der Waals surface area contributed by atoms with Gasteiger partial charge in [-0.1, -0.05) is 24.3 Å². The number of carbonyl (C=O) groups is 2. The summed E-state index contributed by atoms with van der Waals surface area (Å²) in [6.45, 7) is 3.17. The minimum Gasteiger partial charge on any atom is -0.465 e. The fourth-order valence-corrected chi connectivity index (χ4v) is 3.07. The number of hydrogen-bond donors (Lipinski definition) is 1. The standard InChI is InChI=1S/C18H20N2O3/c1-12-17(18(22)23-2)13(9-19-12)7-8-16(21)20-10-14-5-3-4-6-15(14)11-20/h3-6,9,19H,7-8,10-11H2,1-2H3. The maximum absolute atomic E-state index is 12.4. The van der Waals surface area contributed by atoms with Gasteiger partial charge in [0.25, 0.3) is 0 Å². The molecule has 2 aromatic rings. The molecule has 0 aliphatic carbocycles. The third kappa shape index (κ3) is 2.99. The molecule has 0 radical (unpaired) electrons. The van der Waals surface area contributed by atoms with Gasteiger partial charge in [-0.15, -0.1) is 0 Å². The monoisotopic (exact) mass is 312 g/mol. The number of nitrogens with one attached hydrogen (secondary N) is 1. The fourth-order valence-electron chi connectivity index (χ4n) is 3.07. The number of esters is 1. The van der Waals surface area contributed by atoms with Crippen molar-refractivity contribution in [2.75, 3.05) is 7.11 Å². The second kappa shape index (κ2) is 6.28. The molecule has 5 nitrogen and oxygen atoms in total. The predicted molar refractivity (Wildman–Crippen MR) is 85.9 cm³/mol. The van der Waals surface area contributed by atoms with Crippen LogP contribution in [0.3, 0.4) is 0 Å². The Morgan fingerprint density at radius 3 is 2.48 bits per heavy atom. The molecule has 0 atom stereocenters. The Bertz CT molecular complexity index is 723. The Hall–Kier alpha value is -2.56. The van der Waals surface area contributed by atoms with Gasteiger partial charge in [-0.2, -0.15) is 0 Å². The van der Waals surface area contributed by atoms with Crippen molar-refractivity contribution in [2.24, 2.45) is 0 Å². The Morgan fingerprint density at radius 2 is 1.87 bits per heavy atom. The third-order valence-corrected chi connectivity index (χ3v) is 4.35. The molecule has 120 valence electrons. The Balaban J connectivity index is 1.64. The van der Waals surface area contributed by atoms with Crippen molar-refractivity contribution < 1.29 is 14.3 Å². The van der Waals surface area contributed by atoms with Gasteiger partial charge >= 0.3 is 5.97 Å². The molecule has 1 aromatic heterocycles. The lowest BCUT2D eigenvalue weighted by atomic mass is 10.1. The molecule has 1 aromatic carbocycles. The Kier molecular flexibility index (Phi) is 4.19. The van der Waals surface area contributed by atoms with Crippen molar-refractivity contribution in [3.63, 3.8) is 0 Å². The summed E-state index contributed by atoms with van der Waals surface area (Å²) in [5, 5.41) is 0. The summed E-state index contributed by atoms with van der Waals surface area (Å²) in [5.74, 6) is -0.254. The summed E-state index contributed by atoms with van der Waals surface area (Å²) in [4.78, 5) is 29.2. The van der Waals surface area contributed by atoms with Gasteiger partial charge in [-0.05, 0) is 30.0 Å². The fraction of sp³-hybridized carbons (Fsp3) is 0.333. The number of methoxy groups -OCH3 is 1. The SMILES string of the molecule is COC(=O)c1c(CCC(=O)N2Cc3ccccc3C2)c[nH]c1C. The van der Waals surface area contributed by atoms with Crippen LogP contribution in [0.15, 0.2) is 30.5 Å². The highest BCUT2D eigenvalue weighted by Crippen LogP contribution is 2.24. The number of H-pyrrole nitrogens is 1. The number of rotatable bonds is 4. The molecule has 1 aliphatic rings. The van der Waals surface area contributed by atoms with E-state index in [4.69, 9.17) is 4.74 Å². The lowest BCUT2D eigenvalue weighted by molar-refractivity contribution is -0.131. The molecule has 23 heavy (non-hydrogen) atoms. The number of nitrogens with zero attached hydrogens (tertiary/aromatic N) is 1. The van der Waals surface area contributed by atoms with Crippen molar-refractivity contribution in [1.82, 2.24) is 9.88 Å². The van der Waals surface area contributed by atoms with Crippen molar-refractivity contribution in [2.45, 2.75) is 32.9 Å². The highest BCUT2D eigenvalue weighted by molar-refractivity contribution is 5.92. The zero-order valence-corrected chi connectivity index (χ0v) is 13.4. The minimum atomic E-state index is -0.361. The van der Waals surface area contributed by atoms with Gasteiger partial charge in [-0.3, -0.25) is 4.79 Å². The first-order chi connectivity index (χ1) is 11.1. The summed E-state index contributed by atoms with van der Waals surface area (Å²) < 4.78 is 4.81. The van der Waals surface area contributed by atoms with E-state index >= 15 is 0 Å². The van der Waals surface area contributed by atoms with Crippen molar-refractivity contribution in [1.29, 1.82) is 0 Å². The number of aryl methyl sites for hydroxylation is 2. The minimum absolute atomic E-state index is 0.107. The van der Waals surface area contributed by atoms with Crippen LogP contribution < -0.4 is 0 Å². The zero-order chi connectivity index (χ0) is 16.4. The second-order valence-electron chi connectivity index (χ2n) is 5.82. The van der Waals surface area contributed by atoms with Crippen LogP contribution in [-0.2, 0) is 29.0 Å². The smallest absolute Gasteiger partial charge is 0.339 e.